The van der Waals surface area contributed by atoms with Gasteiger partial charge in [-0.3, -0.25) is 0 Å². The van der Waals surface area contributed by atoms with Crippen LogP contribution in [-0.4, -0.2) is 39.3 Å². The number of aliphatic hydroxyl groups is 1. The molecular formula is C9H20O3Si. The third-order valence-corrected chi connectivity index (χ3v) is 2.29. The molecule has 1 unspecified atom stereocenters. The first-order chi connectivity index (χ1) is 5.95. The molecule has 0 aliphatic heterocycles. The minimum absolute atomic E-state index is 0.316. The summed E-state index contributed by atoms with van der Waals surface area (Å²) in [5, 5.41) is 9.38. The van der Waals surface area contributed by atoms with Gasteiger partial charge in [0.25, 0.3) is 0 Å². The molecule has 0 heterocycles. The van der Waals surface area contributed by atoms with E-state index in [-0.39, 0.29) is 0 Å². The van der Waals surface area contributed by atoms with E-state index in [2.05, 4.69) is 26.2 Å². The van der Waals surface area contributed by atoms with Crippen LogP contribution in [0.4, 0.5) is 0 Å². The average molecular weight is 204 g/mol. The van der Waals surface area contributed by atoms with Crippen LogP contribution in [0.5, 0.6) is 0 Å². The molecule has 1 atom stereocenters. The Morgan fingerprint density at radius 2 is 2.00 bits per heavy atom. The second-order valence-electron chi connectivity index (χ2n) is 3.90. The molecule has 0 saturated heterocycles. The van der Waals surface area contributed by atoms with E-state index in [1.165, 1.54) is 0 Å². The van der Waals surface area contributed by atoms with Gasteiger partial charge in [-0.25, -0.2) is 0 Å². The molecule has 4 heteroatoms. The van der Waals surface area contributed by atoms with Crippen LogP contribution < -0.4 is 0 Å². The Morgan fingerprint density at radius 1 is 1.38 bits per heavy atom. The van der Waals surface area contributed by atoms with Gasteiger partial charge < -0.3 is 14.3 Å². The van der Waals surface area contributed by atoms with Gasteiger partial charge in [0.1, 0.15) is 0 Å². The Balaban J connectivity index is 3.40. The first kappa shape index (κ1) is 12.8. The maximum Gasteiger partial charge on any atom is 0.183 e. The number of rotatable bonds is 7. The lowest BCUT2D eigenvalue weighted by molar-refractivity contribution is 0.0196. The molecule has 0 fully saturated rings. The summed E-state index contributed by atoms with van der Waals surface area (Å²) in [4.78, 5) is 0. The zero-order valence-corrected chi connectivity index (χ0v) is 9.75. The van der Waals surface area contributed by atoms with Crippen LogP contribution in [0, 0.1) is 0 Å². The van der Waals surface area contributed by atoms with E-state index in [0.29, 0.717) is 19.8 Å². The number of hydrogen-bond acceptors (Lipinski definition) is 3. The van der Waals surface area contributed by atoms with Crippen molar-refractivity contribution in [3.8, 4) is 0 Å². The van der Waals surface area contributed by atoms with Crippen LogP contribution in [0.2, 0.25) is 19.6 Å². The zero-order chi connectivity index (χ0) is 10.3. The van der Waals surface area contributed by atoms with Gasteiger partial charge in [-0.05, 0) is 19.6 Å². The molecule has 3 nitrogen and oxygen atoms in total. The fourth-order valence-electron chi connectivity index (χ4n) is 0.682. The Hall–Kier alpha value is -0.163. The van der Waals surface area contributed by atoms with Gasteiger partial charge in [-0.15, -0.1) is 6.58 Å². The van der Waals surface area contributed by atoms with Gasteiger partial charge in [0.15, 0.2) is 8.32 Å². The van der Waals surface area contributed by atoms with Crippen LogP contribution >= 0.6 is 0 Å². The van der Waals surface area contributed by atoms with E-state index < -0.39 is 14.4 Å². The highest BCUT2D eigenvalue weighted by Gasteiger charge is 2.16. The van der Waals surface area contributed by atoms with Gasteiger partial charge in [0.05, 0.1) is 25.9 Å². The van der Waals surface area contributed by atoms with Gasteiger partial charge in [-0.1, -0.05) is 6.08 Å². The average Bonchev–Trinajstić information content (AvgIpc) is 2.00. The van der Waals surface area contributed by atoms with Crippen molar-refractivity contribution in [3.05, 3.63) is 12.7 Å². The van der Waals surface area contributed by atoms with Crippen molar-refractivity contribution in [2.45, 2.75) is 25.7 Å². The first-order valence-electron chi connectivity index (χ1n) is 4.46. The summed E-state index contributed by atoms with van der Waals surface area (Å²) < 4.78 is 10.6. The molecule has 0 spiro atoms. The molecular weight excluding hydrogens is 184 g/mol. The van der Waals surface area contributed by atoms with Crippen LogP contribution in [0.1, 0.15) is 0 Å². The van der Waals surface area contributed by atoms with E-state index >= 15 is 0 Å². The van der Waals surface area contributed by atoms with Crippen molar-refractivity contribution in [2.75, 3.05) is 19.8 Å². The lowest BCUT2D eigenvalue weighted by atomic mass is 10.4. The second kappa shape index (κ2) is 6.31. The van der Waals surface area contributed by atoms with Gasteiger partial charge in [0, 0.05) is 0 Å². The van der Waals surface area contributed by atoms with Gasteiger partial charge >= 0.3 is 0 Å². The molecule has 0 aliphatic rings. The highest BCUT2D eigenvalue weighted by atomic mass is 28.4. The van der Waals surface area contributed by atoms with Crippen molar-refractivity contribution in [1.29, 1.82) is 0 Å². The Bertz CT molecular complexity index is 142. The highest BCUT2D eigenvalue weighted by molar-refractivity contribution is 6.69. The third kappa shape index (κ3) is 9.75. The predicted molar refractivity (Wildman–Crippen MR) is 56.3 cm³/mol. The van der Waals surface area contributed by atoms with E-state index in [1.807, 2.05) is 0 Å². The van der Waals surface area contributed by atoms with Crippen LogP contribution in [0.15, 0.2) is 12.7 Å². The SMILES string of the molecule is C=CCOCC(O)CO[Si](C)(C)C. The molecule has 1 N–H and O–H groups in total. The molecule has 0 saturated carbocycles. The molecule has 0 radical (unpaired) electrons. The Morgan fingerprint density at radius 3 is 2.46 bits per heavy atom. The molecule has 0 amide bonds. The lowest BCUT2D eigenvalue weighted by Crippen LogP contribution is -2.32. The summed E-state index contributed by atoms with van der Waals surface area (Å²) in [6.45, 7) is 10.9. The Kier molecular flexibility index (Phi) is 6.24. The summed E-state index contributed by atoms with van der Waals surface area (Å²) in [5.74, 6) is 0. The quantitative estimate of drug-likeness (QED) is 0.387. The maximum atomic E-state index is 9.38. The molecule has 0 bridgehead atoms. The van der Waals surface area contributed by atoms with Gasteiger partial charge in [0.2, 0.25) is 0 Å². The summed E-state index contributed by atoms with van der Waals surface area (Å²) in [6.07, 6.45) is 1.14. The van der Waals surface area contributed by atoms with Crippen molar-refractivity contribution in [3.63, 3.8) is 0 Å². The molecule has 0 aromatic rings. The van der Waals surface area contributed by atoms with Crippen molar-refractivity contribution < 1.29 is 14.3 Å². The number of hydrogen-bond donors (Lipinski definition) is 1. The van der Waals surface area contributed by atoms with E-state index in [1.54, 1.807) is 6.08 Å². The molecule has 78 valence electrons. The topological polar surface area (TPSA) is 38.7 Å². The molecule has 0 aromatic carbocycles. The van der Waals surface area contributed by atoms with Crippen molar-refractivity contribution in [2.24, 2.45) is 0 Å². The minimum atomic E-state index is -1.50. The summed E-state index contributed by atoms with van der Waals surface area (Å²) in [5.41, 5.74) is 0. The van der Waals surface area contributed by atoms with Crippen molar-refractivity contribution in [1.82, 2.24) is 0 Å². The largest absolute Gasteiger partial charge is 0.415 e. The summed E-state index contributed by atoms with van der Waals surface area (Å²) in [7, 11) is -1.50. The predicted octanol–water partition coefficient (Wildman–Crippen LogP) is 1.40. The monoisotopic (exact) mass is 204 g/mol. The van der Waals surface area contributed by atoms with E-state index in [0.717, 1.165) is 0 Å². The molecule has 0 aliphatic carbocycles. The van der Waals surface area contributed by atoms with Crippen LogP contribution in [-0.2, 0) is 9.16 Å². The van der Waals surface area contributed by atoms with E-state index in [9.17, 15) is 5.11 Å². The molecule has 0 aromatic heterocycles. The lowest BCUT2D eigenvalue weighted by Gasteiger charge is -2.19. The number of aliphatic hydroxyl groups excluding tert-OH is 1. The van der Waals surface area contributed by atoms with Gasteiger partial charge in [-0.2, -0.15) is 0 Å². The molecule has 0 rings (SSSR count). The van der Waals surface area contributed by atoms with Crippen LogP contribution in [0.25, 0.3) is 0 Å². The summed E-state index contributed by atoms with van der Waals surface area (Å²) >= 11 is 0. The fourth-order valence-corrected chi connectivity index (χ4v) is 1.37. The third-order valence-electron chi connectivity index (χ3n) is 1.25. The van der Waals surface area contributed by atoms with Crippen molar-refractivity contribution >= 4 is 8.32 Å². The van der Waals surface area contributed by atoms with E-state index in [4.69, 9.17) is 9.16 Å². The minimum Gasteiger partial charge on any atom is -0.415 e. The number of ether oxygens (including phenoxy) is 1. The normalized spacial score (nSPS) is 14.2. The first-order valence-corrected chi connectivity index (χ1v) is 7.87. The zero-order valence-electron chi connectivity index (χ0n) is 8.75. The fraction of sp³-hybridized carbons (Fsp3) is 0.778. The standard InChI is InChI=1S/C9H20O3Si/c1-5-6-11-7-9(10)8-12-13(2,3)4/h5,9-10H,1,6-8H2,2-4H3. The maximum absolute atomic E-state index is 9.38. The van der Waals surface area contributed by atoms with Crippen LogP contribution in [0.3, 0.4) is 0 Å². The highest BCUT2D eigenvalue weighted by Crippen LogP contribution is 2.03. The Labute approximate surface area is 81.5 Å². The summed E-state index contributed by atoms with van der Waals surface area (Å²) in [6, 6.07) is 0. The second-order valence-corrected chi connectivity index (χ2v) is 8.42. The molecule has 13 heavy (non-hydrogen) atoms. The smallest absolute Gasteiger partial charge is 0.183 e.